The number of hydrogen-bond donors (Lipinski definition) is 3. The van der Waals surface area contributed by atoms with Crippen LogP contribution in [0.5, 0.6) is 0 Å². The molecule has 348 valence electrons. The van der Waals surface area contributed by atoms with Crippen LogP contribution in [0.15, 0.2) is 88.8 Å². The third-order valence-corrected chi connectivity index (χ3v) is 13.9. The van der Waals surface area contributed by atoms with Gasteiger partial charge in [-0.05, 0) is 62.3 Å². The molecule has 18 heteroatoms. The van der Waals surface area contributed by atoms with Crippen LogP contribution in [0.1, 0.15) is 98.0 Å². The van der Waals surface area contributed by atoms with Crippen molar-refractivity contribution in [3.8, 4) is 0 Å². The number of halogens is 1. The van der Waals surface area contributed by atoms with Crippen molar-refractivity contribution in [3.63, 3.8) is 0 Å². The number of aromatic nitrogens is 11. The number of ether oxygens (including phenoxy) is 2. The Labute approximate surface area is 391 Å². The lowest BCUT2D eigenvalue weighted by molar-refractivity contribution is 0.0831. The van der Waals surface area contributed by atoms with E-state index in [0.717, 1.165) is 135 Å². The van der Waals surface area contributed by atoms with Crippen LogP contribution in [-0.2, 0) is 21.9 Å². The number of benzene rings is 2. The molecule has 3 N–H and O–H groups in total. The van der Waals surface area contributed by atoms with Gasteiger partial charge in [0.2, 0.25) is 0 Å². The van der Waals surface area contributed by atoms with E-state index in [1.807, 2.05) is 66.9 Å². The number of para-hydroxylation sites is 2. The largest absolute Gasteiger partial charge is 0.381 e. The Kier molecular flexibility index (Phi) is 13.4. The predicted molar refractivity (Wildman–Crippen MR) is 256 cm³/mol. The Balaban J connectivity index is 0.000000132. The average Bonchev–Trinajstić information content (AvgIpc) is 4.19. The fourth-order valence-corrected chi connectivity index (χ4v) is 10.0. The topological polar surface area (TPSA) is 198 Å². The highest BCUT2D eigenvalue weighted by atomic mass is 35.5. The van der Waals surface area contributed by atoms with E-state index in [2.05, 4.69) is 54.0 Å². The molecule has 0 spiro atoms. The van der Waals surface area contributed by atoms with Crippen LogP contribution in [0.3, 0.4) is 0 Å². The van der Waals surface area contributed by atoms with E-state index in [1.54, 1.807) is 21.4 Å². The minimum absolute atomic E-state index is 0.102. The SMILES string of the molecule is CC1CN(Cc2ncc3ccccc3n2)CC1c1nn2c(C3CCOCC3)ncc2c(=O)[nH]1.CC1CNCC1c1nn2c(C3CCOCC3)ncc2c(=O)[nH]1.ClCc1ccc2ccccc2n1. The minimum Gasteiger partial charge on any atom is -0.381 e. The molecule has 4 aliphatic heterocycles. The Morgan fingerprint density at radius 3 is 1.82 bits per heavy atom. The van der Waals surface area contributed by atoms with Gasteiger partial charge in [0.05, 0.1) is 41.5 Å². The molecule has 0 saturated carbocycles. The molecular weight excluding hydrogens is 870 g/mol. The number of nitrogens with one attached hydrogen (secondary N) is 3. The first kappa shape index (κ1) is 44.8. The summed E-state index contributed by atoms with van der Waals surface area (Å²) in [6.07, 6.45) is 8.84. The maximum absolute atomic E-state index is 12.8. The van der Waals surface area contributed by atoms with Gasteiger partial charge in [-0.2, -0.15) is 10.2 Å². The number of nitrogens with zero attached hydrogens (tertiary/aromatic N) is 10. The highest BCUT2D eigenvalue weighted by Gasteiger charge is 2.34. The Hall–Kier alpha value is -5.98. The van der Waals surface area contributed by atoms with Gasteiger partial charge in [0.1, 0.15) is 29.1 Å². The molecule has 0 radical (unpaired) electrons. The summed E-state index contributed by atoms with van der Waals surface area (Å²) < 4.78 is 14.4. The molecule has 0 bridgehead atoms. The van der Waals surface area contributed by atoms with Gasteiger partial charge in [0, 0.05) is 86.7 Å². The molecule has 4 saturated heterocycles. The summed E-state index contributed by atoms with van der Waals surface area (Å²) in [6.45, 7) is 11.5. The number of likely N-dealkylation sites (tertiary alicyclic amines) is 1. The average molecular weight is 927 g/mol. The molecule has 8 aromatic rings. The zero-order chi connectivity index (χ0) is 45.9. The number of alkyl halides is 1. The van der Waals surface area contributed by atoms with Crippen molar-refractivity contribution in [1.82, 2.24) is 64.3 Å². The van der Waals surface area contributed by atoms with E-state index >= 15 is 0 Å². The smallest absolute Gasteiger partial charge is 0.276 e. The molecular formula is C49H56ClN13O4. The summed E-state index contributed by atoms with van der Waals surface area (Å²) in [5.74, 6) is 6.33. The number of H-pyrrole nitrogens is 2. The lowest BCUT2D eigenvalue weighted by atomic mass is 9.97. The van der Waals surface area contributed by atoms with Crippen LogP contribution in [0.2, 0.25) is 0 Å². The third-order valence-electron chi connectivity index (χ3n) is 13.7. The highest BCUT2D eigenvalue weighted by Crippen LogP contribution is 2.32. The number of hydrogen-bond acceptors (Lipinski definition) is 13. The van der Waals surface area contributed by atoms with Crippen molar-refractivity contribution in [2.75, 3.05) is 52.6 Å². The highest BCUT2D eigenvalue weighted by molar-refractivity contribution is 6.17. The second kappa shape index (κ2) is 20.1. The first-order valence-electron chi connectivity index (χ1n) is 23.4. The minimum atomic E-state index is -0.130. The Bertz CT molecular complexity index is 3100. The van der Waals surface area contributed by atoms with Crippen molar-refractivity contribution < 1.29 is 9.47 Å². The molecule has 17 nitrogen and oxygen atoms in total. The first-order valence-corrected chi connectivity index (χ1v) is 24.0. The molecule has 4 aliphatic rings. The second-order valence-electron chi connectivity index (χ2n) is 18.3. The van der Waals surface area contributed by atoms with Crippen molar-refractivity contribution in [2.45, 2.75) is 75.6 Å². The number of rotatable bonds is 7. The molecule has 2 aromatic carbocycles. The van der Waals surface area contributed by atoms with Crippen molar-refractivity contribution in [3.05, 3.63) is 135 Å². The lowest BCUT2D eigenvalue weighted by Crippen LogP contribution is -2.24. The molecule has 4 atom stereocenters. The van der Waals surface area contributed by atoms with Crippen LogP contribution in [0, 0.1) is 11.8 Å². The van der Waals surface area contributed by atoms with E-state index in [9.17, 15) is 9.59 Å². The third kappa shape index (κ3) is 9.74. The van der Waals surface area contributed by atoms with Crippen molar-refractivity contribution in [1.29, 1.82) is 0 Å². The summed E-state index contributed by atoms with van der Waals surface area (Å²) >= 11 is 5.66. The second-order valence-corrected chi connectivity index (χ2v) is 18.5. The standard InChI is InChI=1S/C24H27N7O2.C15H21N5O2.C10H8ClN/c1-15-12-30(14-21-25-10-17-4-2-3-5-19(17)27-21)13-18(15)22-28-24(32)20-11-26-23(31(20)29-22)16-6-8-33-9-7-16;1-9-6-16-7-11(9)13-18-15(21)12-8-17-14(20(12)19-13)10-2-4-22-5-3-10;11-7-9-6-5-8-3-1-2-4-10(8)12-9/h2-5,10-11,15-16,18H,6-9,12-14H2,1H3,(H,28,29,32);8-11,16H,2-7H2,1H3,(H,18,19,21);1-6H,7H2. The fraction of sp³-hybridized carbons (Fsp3) is 0.449. The molecule has 67 heavy (non-hydrogen) atoms. The summed E-state index contributed by atoms with van der Waals surface area (Å²) in [7, 11) is 0. The zero-order valence-corrected chi connectivity index (χ0v) is 38.6. The molecule has 4 fully saturated rings. The number of fused-ring (bicyclic) bond motifs is 4. The Morgan fingerprint density at radius 2 is 1.22 bits per heavy atom. The number of pyridine rings is 1. The summed E-state index contributed by atoms with van der Waals surface area (Å²) in [6, 6.07) is 20.0. The van der Waals surface area contributed by atoms with Crippen LogP contribution in [0.25, 0.3) is 32.8 Å². The molecule has 0 amide bonds. The van der Waals surface area contributed by atoms with Crippen LogP contribution < -0.4 is 16.4 Å². The lowest BCUT2D eigenvalue weighted by Gasteiger charge is -2.21. The number of aromatic amines is 2. The van der Waals surface area contributed by atoms with Crippen molar-refractivity contribution in [2.24, 2.45) is 11.8 Å². The molecule has 6 aromatic heterocycles. The van der Waals surface area contributed by atoms with Gasteiger partial charge in [-0.15, -0.1) is 11.6 Å². The maximum Gasteiger partial charge on any atom is 0.276 e. The normalized spacial score (nSPS) is 21.7. The van der Waals surface area contributed by atoms with Gasteiger partial charge >= 0.3 is 0 Å². The van der Waals surface area contributed by atoms with Crippen LogP contribution >= 0.6 is 11.6 Å². The van der Waals surface area contributed by atoms with Gasteiger partial charge in [0.15, 0.2) is 11.0 Å². The predicted octanol–water partition coefficient (Wildman–Crippen LogP) is 6.10. The zero-order valence-electron chi connectivity index (χ0n) is 37.9. The molecule has 4 unspecified atom stereocenters. The fourth-order valence-electron chi connectivity index (χ4n) is 9.87. The van der Waals surface area contributed by atoms with Gasteiger partial charge in [-0.1, -0.05) is 56.3 Å². The van der Waals surface area contributed by atoms with Crippen molar-refractivity contribution >= 4 is 44.4 Å². The van der Waals surface area contributed by atoms with Gasteiger partial charge in [0.25, 0.3) is 11.1 Å². The maximum atomic E-state index is 12.8. The first-order chi connectivity index (χ1) is 32.8. The van der Waals surface area contributed by atoms with Crippen LogP contribution in [0.4, 0.5) is 0 Å². The Morgan fingerprint density at radius 1 is 0.642 bits per heavy atom. The van der Waals surface area contributed by atoms with Gasteiger partial charge in [-0.3, -0.25) is 19.5 Å². The van der Waals surface area contributed by atoms with E-state index in [-0.39, 0.29) is 28.9 Å². The quantitative estimate of drug-likeness (QED) is 0.155. The monoisotopic (exact) mass is 925 g/mol. The van der Waals surface area contributed by atoms with E-state index in [1.165, 1.54) is 0 Å². The summed E-state index contributed by atoms with van der Waals surface area (Å²) in [5, 5.41) is 15.2. The molecule has 10 heterocycles. The van der Waals surface area contributed by atoms with E-state index in [4.69, 9.17) is 36.3 Å². The molecule has 12 rings (SSSR count). The summed E-state index contributed by atoms with van der Waals surface area (Å²) in [5.41, 5.74) is 3.70. The van der Waals surface area contributed by atoms with Crippen LogP contribution in [-0.4, -0.2) is 112 Å². The van der Waals surface area contributed by atoms with E-state index < -0.39 is 0 Å². The number of imidazole rings is 2. The van der Waals surface area contributed by atoms with Gasteiger partial charge in [-0.25, -0.2) is 29.0 Å². The molecule has 0 aliphatic carbocycles. The van der Waals surface area contributed by atoms with E-state index in [0.29, 0.717) is 41.2 Å². The van der Waals surface area contributed by atoms with Gasteiger partial charge < -0.3 is 24.8 Å². The summed E-state index contributed by atoms with van der Waals surface area (Å²) in [4.78, 5) is 56.2.